The number of fused-ring (bicyclic) bond motifs is 1. The fourth-order valence-corrected chi connectivity index (χ4v) is 5.83. The lowest BCUT2D eigenvalue weighted by Gasteiger charge is -2.14. The number of hydrogen-bond acceptors (Lipinski definition) is 8. The molecule has 0 saturated heterocycles. The Hall–Kier alpha value is -2.82. The maximum absolute atomic E-state index is 13.8. The van der Waals surface area contributed by atoms with Crippen molar-refractivity contribution < 1.29 is 17.9 Å². The molecule has 0 amide bonds. The summed E-state index contributed by atoms with van der Waals surface area (Å²) in [7, 11) is 0. The van der Waals surface area contributed by atoms with Crippen LogP contribution in [-0.4, -0.2) is 32.2 Å². The summed E-state index contributed by atoms with van der Waals surface area (Å²) >= 11 is 3.33. The number of alkyl halides is 2. The Bertz CT molecular complexity index is 1460. The highest BCUT2D eigenvalue weighted by atomic mass is 127. The first-order valence-electron chi connectivity index (χ1n) is 10.4. The molecule has 4 rings (SSSR count). The molecule has 186 valence electrons. The summed E-state index contributed by atoms with van der Waals surface area (Å²) in [6, 6.07) is 11.1. The third-order valence-corrected chi connectivity index (χ3v) is 7.71. The molecule has 3 heterocycles. The molecule has 1 unspecified atom stereocenters. The molecule has 4 aromatic rings. The van der Waals surface area contributed by atoms with Gasteiger partial charge in [0.2, 0.25) is 0 Å². The minimum atomic E-state index is -2.80. The van der Waals surface area contributed by atoms with Gasteiger partial charge < -0.3 is 15.4 Å². The van der Waals surface area contributed by atoms with E-state index >= 15 is 0 Å². The Labute approximate surface area is 223 Å². The van der Waals surface area contributed by atoms with E-state index in [1.165, 1.54) is 28.2 Å². The Kier molecular flexibility index (Phi) is 8.38. The van der Waals surface area contributed by atoms with Gasteiger partial charge in [-0.15, -0.1) is 11.8 Å². The van der Waals surface area contributed by atoms with Gasteiger partial charge in [-0.25, -0.2) is 28.1 Å². The first-order valence-corrected chi connectivity index (χ1v) is 15.7. The van der Waals surface area contributed by atoms with E-state index in [0.29, 0.717) is 34.4 Å². The van der Waals surface area contributed by atoms with E-state index in [1.807, 2.05) is 28.1 Å². The van der Waals surface area contributed by atoms with Gasteiger partial charge in [-0.3, -0.25) is 4.34 Å². The fraction of sp³-hybridized carbons (Fsp3) is 0.182. The number of imidazole rings is 1. The molecule has 0 aliphatic heterocycles. The smallest absolute Gasteiger partial charge is 0.295 e. The van der Waals surface area contributed by atoms with E-state index in [9.17, 15) is 18.4 Å². The van der Waals surface area contributed by atoms with Crippen molar-refractivity contribution in [3.63, 3.8) is 0 Å². The second-order valence-electron chi connectivity index (χ2n) is 7.10. The van der Waals surface area contributed by atoms with E-state index in [4.69, 9.17) is 4.74 Å². The SMILES string of the molecule is CCOc1ccc(Nc2cc(Nc3ccc(F)cc3SC)c3nc(C(F)F)n(PI)c3n2)nc1C#N. The number of pyridine rings is 2. The van der Waals surface area contributed by atoms with Gasteiger partial charge in [0.25, 0.3) is 6.43 Å². The van der Waals surface area contributed by atoms with Crippen LogP contribution in [0.5, 0.6) is 5.75 Å². The van der Waals surface area contributed by atoms with Crippen LogP contribution in [-0.2, 0) is 0 Å². The van der Waals surface area contributed by atoms with Gasteiger partial charge in [0.1, 0.15) is 29.0 Å². The predicted molar refractivity (Wildman–Crippen MR) is 145 cm³/mol. The lowest BCUT2D eigenvalue weighted by Crippen LogP contribution is -2.03. The van der Waals surface area contributed by atoms with Crippen LogP contribution in [0, 0.1) is 17.1 Å². The summed E-state index contributed by atoms with van der Waals surface area (Å²) in [5, 5.41) is 15.6. The number of halogens is 4. The standard InChI is InChI=1S/C22H18F3IN7OPS/c1-3-34-15-6-7-17(29-14(15)10-27)30-18-9-13(28-12-5-4-11(23)8-16(12)36-2)19-21(31-18)33(35-26)22(32-19)20(24)25/h4-9,20,35H,3H2,1-2H3,(H2,28,29,30,31). The summed E-state index contributed by atoms with van der Waals surface area (Å²) in [6.07, 6.45) is -1.08. The Morgan fingerprint density at radius 1 is 1.14 bits per heavy atom. The van der Waals surface area contributed by atoms with E-state index in [0.717, 1.165) is 0 Å². The van der Waals surface area contributed by atoms with Crippen molar-refractivity contribution in [3.05, 3.63) is 53.7 Å². The average molecular weight is 643 g/mol. The first kappa shape index (κ1) is 26.2. The summed E-state index contributed by atoms with van der Waals surface area (Å²) in [5.41, 5.74) is 1.55. The number of thioether (sulfide) groups is 1. The van der Waals surface area contributed by atoms with Crippen molar-refractivity contribution in [2.45, 2.75) is 18.2 Å². The number of nitriles is 1. The number of nitrogens with zero attached hydrogens (tertiary/aromatic N) is 5. The lowest BCUT2D eigenvalue weighted by atomic mass is 10.2. The minimum Gasteiger partial charge on any atom is -0.491 e. The molecule has 2 N–H and O–H groups in total. The van der Waals surface area contributed by atoms with Gasteiger partial charge >= 0.3 is 0 Å². The molecular formula is C22H18F3IN7OPS. The zero-order valence-electron chi connectivity index (χ0n) is 18.8. The van der Waals surface area contributed by atoms with E-state index in [2.05, 4.69) is 25.6 Å². The van der Waals surface area contributed by atoms with Gasteiger partial charge in [0.15, 0.2) is 22.9 Å². The highest BCUT2D eigenvalue weighted by Gasteiger charge is 2.23. The number of aromatic nitrogens is 4. The normalized spacial score (nSPS) is 11.4. The first-order chi connectivity index (χ1) is 17.4. The van der Waals surface area contributed by atoms with Crippen molar-refractivity contribution in [2.24, 2.45) is 0 Å². The molecule has 36 heavy (non-hydrogen) atoms. The maximum Gasteiger partial charge on any atom is 0.295 e. The molecule has 14 heteroatoms. The summed E-state index contributed by atoms with van der Waals surface area (Å²) in [5.74, 6) is 0.160. The summed E-state index contributed by atoms with van der Waals surface area (Å²) in [6.45, 7) is 2.18. The van der Waals surface area contributed by atoms with Crippen LogP contribution >= 0.6 is 40.2 Å². The zero-order valence-corrected chi connectivity index (χ0v) is 22.8. The monoisotopic (exact) mass is 643 g/mol. The molecule has 1 atom stereocenters. The van der Waals surface area contributed by atoms with Gasteiger partial charge in [-0.2, -0.15) is 5.26 Å². The molecule has 0 saturated carbocycles. The zero-order chi connectivity index (χ0) is 25.8. The van der Waals surface area contributed by atoms with Gasteiger partial charge in [-0.1, -0.05) is 0 Å². The quantitative estimate of drug-likeness (QED) is 0.113. The number of nitrogens with one attached hydrogen (secondary N) is 2. The molecule has 0 aliphatic rings. The van der Waals surface area contributed by atoms with E-state index in [1.54, 1.807) is 37.4 Å². The van der Waals surface area contributed by atoms with Crippen LogP contribution in [0.4, 0.5) is 36.2 Å². The Balaban J connectivity index is 1.83. The third kappa shape index (κ3) is 5.45. The highest BCUT2D eigenvalue weighted by Crippen LogP contribution is 2.39. The molecule has 3 aromatic heterocycles. The van der Waals surface area contributed by atoms with Crippen molar-refractivity contribution >= 4 is 74.4 Å². The van der Waals surface area contributed by atoms with Crippen molar-refractivity contribution in [2.75, 3.05) is 23.5 Å². The Morgan fingerprint density at radius 3 is 2.61 bits per heavy atom. The second-order valence-corrected chi connectivity index (χ2v) is 10.0. The fourth-order valence-electron chi connectivity index (χ4n) is 3.37. The van der Waals surface area contributed by atoms with Gasteiger partial charge in [-0.05, 0) is 65.6 Å². The average Bonchev–Trinajstić information content (AvgIpc) is 3.25. The van der Waals surface area contributed by atoms with Crippen molar-refractivity contribution in [3.8, 4) is 11.8 Å². The second kappa shape index (κ2) is 11.5. The molecule has 8 nitrogen and oxygen atoms in total. The Morgan fingerprint density at radius 2 is 1.94 bits per heavy atom. The molecule has 1 aromatic carbocycles. The van der Waals surface area contributed by atoms with Crippen LogP contribution in [0.15, 0.2) is 41.3 Å². The third-order valence-electron chi connectivity index (χ3n) is 4.87. The molecule has 0 fully saturated rings. The highest BCUT2D eigenvalue weighted by molar-refractivity contribution is 14.2. The number of rotatable bonds is 9. The van der Waals surface area contributed by atoms with Gasteiger partial charge in [0, 0.05) is 11.0 Å². The van der Waals surface area contributed by atoms with Crippen LogP contribution in [0.3, 0.4) is 0 Å². The van der Waals surface area contributed by atoms with Crippen LogP contribution < -0.4 is 15.4 Å². The van der Waals surface area contributed by atoms with Crippen LogP contribution in [0.25, 0.3) is 11.2 Å². The van der Waals surface area contributed by atoms with E-state index in [-0.39, 0.29) is 29.0 Å². The summed E-state index contributed by atoms with van der Waals surface area (Å²) in [4.78, 5) is 13.6. The topological polar surface area (TPSA) is 101 Å². The van der Waals surface area contributed by atoms with Crippen LogP contribution in [0.1, 0.15) is 24.9 Å². The molecular weight excluding hydrogens is 625 g/mol. The van der Waals surface area contributed by atoms with Crippen molar-refractivity contribution in [1.29, 1.82) is 5.26 Å². The van der Waals surface area contributed by atoms with Crippen molar-refractivity contribution in [1.82, 2.24) is 19.3 Å². The number of anilines is 4. The largest absolute Gasteiger partial charge is 0.491 e. The number of benzene rings is 1. The maximum atomic E-state index is 13.8. The minimum absolute atomic E-state index is 0.0823. The molecule has 0 aliphatic carbocycles. The van der Waals surface area contributed by atoms with Gasteiger partial charge in [0.05, 0.1) is 24.4 Å². The van der Waals surface area contributed by atoms with E-state index < -0.39 is 18.1 Å². The number of ether oxygens (including phenoxy) is 1. The lowest BCUT2D eigenvalue weighted by molar-refractivity contribution is 0.140. The summed E-state index contributed by atoms with van der Waals surface area (Å²) < 4.78 is 48.1. The molecule has 0 radical (unpaired) electrons. The number of hydrogen-bond donors (Lipinski definition) is 2. The molecule has 0 bridgehead atoms. The molecule has 0 spiro atoms. The van der Waals surface area contributed by atoms with Crippen LogP contribution in [0.2, 0.25) is 0 Å². The predicted octanol–water partition coefficient (Wildman–Crippen LogP) is 7.17.